The Morgan fingerprint density at radius 1 is 1.33 bits per heavy atom. The van der Waals surface area contributed by atoms with Gasteiger partial charge in [0.25, 0.3) is 0 Å². The van der Waals surface area contributed by atoms with Crippen LogP contribution in [0.1, 0.15) is 34.4 Å². The molecule has 0 radical (unpaired) electrons. The van der Waals surface area contributed by atoms with Crippen molar-refractivity contribution >= 4 is 38.5 Å². The Morgan fingerprint density at radius 3 is 2.90 bits per heavy atom. The van der Waals surface area contributed by atoms with Gasteiger partial charge in [0.15, 0.2) is 0 Å². The van der Waals surface area contributed by atoms with E-state index in [1.54, 1.807) is 35.8 Å². The molecule has 21 heavy (non-hydrogen) atoms. The van der Waals surface area contributed by atoms with Crippen LogP contribution < -0.4 is 0 Å². The molecule has 3 nitrogen and oxygen atoms in total. The minimum atomic E-state index is 0.205. The third-order valence-electron chi connectivity index (χ3n) is 3.57. The maximum absolute atomic E-state index is 9.49. The summed E-state index contributed by atoms with van der Waals surface area (Å²) in [5, 5.41) is 19.7. The first-order valence-corrected chi connectivity index (χ1v) is 8.37. The van der Waals surface area contributed by atoms with E-state index in [0.717, 1.165) is 35.4 Å². The highest BCUT2D eigenvalue weighted by Gasteiger charge is 2.20. The third kappa shape index (κ3) is 2.87. The molecule has 5 heteroatoms. The molecular formula is C16H13BrN2OS. The van der Waals surface area contributed by atoms with E-state index in [1.807, 2.05) is 0 Å². The standard InChI is InChI=1S/C16H13BrN2OS/c17-13-7-10(5-6-14(13)20)9-19-16-12(8-18)11-3-1-2-4-15(11)21-16/h5-7,9,20H,1-4H2. The van der Waals surface area contributed by atoms with Gasteiger partial charge in [-0.2, -0.15) is 5.26 Å². The second-order valence-electron chi connectivity index (χ2n) is 4.97. The zero-order valence-electron chi connectivity index (χ0n) is 11.3. The molecule has 0 saturated heterocycles. The molecular weight excluding hydrogens is 348 g/mol. The number of rotatable bonds is 2. The number of aryl methyl sites for hydroxylation is 1. The first-order valence-electron chi connectivity index (χ1n) is 6.76. The fourth-order valence-corrected chi connectivity index (χ4v) is 4.07. The van der Waals surface area contributed by atoms with Gasteiger partial charge in [0.2, 0.25) is 0 Å². The zero-order chi connectivity index (χ0) is 14.8. The van der Waals surface area contributed by atoms with E-state index in [1.165, 1.54) is 16.9 Å². The molecule has 0 saturated carbocycles. The Morgan fingerprint density at radius 2 is 2.14 bits per heavy atom. The molecule has 3 rings (SSSR count). The van der Waals surface area contributed by atoms with Crippen molar-refractivity contribution in [2.75, 3.05) is 0 Å². The molecule has 0 unspecified atom stereocenters. The summed E-state index contributed by atoms with van der Waals surface area (Å²) in [5.74, 6) is 0.205. The van der Waals surface area contributed by atoms with E-state index in [0.29, 0.717) is 4.47 Å². The average Bonchev–Trinajstić information content (AvgIpc) is 2.86. The van der Waals surface area contributed by atoms with Gasteiger partial charge in [-0.05, 0) is 70.9 Å². The lowest BCUT2D eigenvalue weighted by Gasteiger charge is -2.09. The molecule has 1 N–H and O–H groups in total. The molecule has 0 spiro atoms. The topological polar surface area (TPSA) is 56.4 Å². The molecule has 0 amide bonds. The van der Waals surface area contributed by atoms with Crippen LogP contribution in [0, 0.1) is 11.3 Å². The van der Waals surface area contributed by atoms with Gasteiger partial charge in [-0.3, -0.25) is 0 Å². The summed E-state index contributed by atoms with van der Waals surface area (Å²) in [4.78, 5) is 5.81. The number of phenols is 1. The van der Waals surface area contributed by atoms with Crippen molar-refractivity contribution in [3.8, 4) is 11.8 Å². The molecule has 1 aromatic heterocycles. The second kappa shape index (κ2) is 6.00. The van der Waals surface area contributed by atoms with Gasteiger partial charge < -0.3 is 5.11 Å². The number of fused-ring (bicyclic) bond motifs is 1. The first kappa shape index (κ1) is 14.3. The number of aliphatic imine (C=N–C) groups is 1. The Balaban J connectivity index is 1.94. The van der Waals surface area contributed by atoms with Crippen LogP contribution in [0.2, 0.25) is 0 Å². The Labute approximate surface area is 135 Å². The Bertz CT molecular complexity index is 758. The smallest absolute Gasteiger partial charge is 0.134 e. The monoisotopic (exact) mass is 360 g/mol. The first-order chi connectivity index (χ1) is 10.2. The van der Waals surface area contributed by atoms with E-state index >= 15 is 0 Å². The lowest BCUT2D eigenvalue weighted by molar-refractivity contribution is 0.472. The zero-order valence-corrected chi connectivity index (χ0v) is 13.7. The molecule has 0 bridgehead atoms. The van der Waals surface area contributed by atoms with Gasteiger partial charge in [-0.1, -0.05) is 0 Å². The lowest BCUT2D eigenvalue weighted by Crippen LogP contribution is -1.99. The molecule has 0 atom stereocenters. The van der Waals surface area contributed by atoms with Crippen LogP contribution in [0.5, 0.6) is 5.75 Å². The van der Waals surface area contributed by atoms with Crippen LogP contribution in [0.15, 0.2) is 27.7 Å². The maximum atomic E-state index is 9.49. The quantitative estimate of drug-likeness (QED) is 0.787. The van der Waals surface area contributed by atoms with Crippen molar-refractivity contribution in [1.82, 2.24) is 0 Å². The Hall–Kier alpha value is -1.64. The van der Waals surface area contributed by atoms with E-state index in [9.17, 15) is 10.4 Å². The number of halogens is 1. The van der Waals surface area contributed by atoms with Crippen molar-refractivity contribution in [2.45, 2.75) is 25.7 Å². The van der Waals surface area contributed by atoms with Crippen LogP contribution in [-0.2, 0) is 12.8 Å². The SMILES string of the molecule is N#Cc1c(N=Cc2ccc(O)c(Br)c2)sc2c1CCCC2. The van der Waals surface area contributed by atoms with E-state index in [2.05, 4.69) is 27.0 Å². The van der Waals surface area contributed by atoms with Crippen LogP contribution in [0.4, 0.5) is 5.00 Å². The number of hydrogen-bond acceptors (Lipinski definition) is 4. The molecule has 1 aliphatic carbocycles. The number of nitrogens with zero attached hydrogens (tertiary/aromatic N) is 2. The number of benzene rings is 1. The number of nitriles is 1. The largest absolute Gasteiger partial charge is 0.507 e. The van der Waals surface area contributed by atoms with E-state index in [4.69, 9.17) is 0 Å². The van der Waals surface area contributed by atoms with Crippen molar-refractivity contribution < 1.29 is 5.11 Å². The molecule has 106 valence electrons. The van der Waals surface area contributed by atoms with Crippen LogP contribution in [0.25, 0.3) is 0 Å². The summed E-state index contributed by atoms with van der Waals surface area (Å²) >= 11 is 4.92. The van der Waals surface area contributed by atoms with Crippen LogP contribution >= 0.6 is 27.3 Å². The molecule has 1 heterocycles. The highest BCUT2D eigenvalue weighted by atomic mass is 79.9. The number of thiophene rings is 1. The highest BCUT2D eigenvalue weighted by molar-refractivity contribution is 9.10. The van der Waals surface area contributed by atoms with Gasteiger partial charge in [0.1, 0.15) is 16.8 Å². The summed E-state index contributed by atoms with van der Waals surface area (Å²) in [6.07, 6.45) is 6.16. The fraction of sp³-hybridized carbons (Fsp3) is 0.250. The summed E-state index contributed by atoms with van der Waals surface area (Å²) < 4.78 is 0.637. The lowest BCUT2D eigenvalue weighted by atomic mass is 9.96. The molecule has 1 aromatic carbocycles. The molecule has 0 aliphatic heterocycles. The predicted octanol–water partition coefficient (Wildman–Crippen LogP) is 4.72. The molecule has 1 aliphatic rings. The van der Waals surface area contributed by atoms with Gasteiger partial charge in [-0.15, -0.1) is 11.3 Å². The summed E-state index contributed by atoms with van der Waals surface area (Å²) in [5.41, 5.74) is 2.83. The van der Waals surface area contributed by atoms with Crippen molar-refractivity contribution in [2.24, 2.45) is 4.99 Å². The van der Waals surface area contributed by atoms with Gasteiger partial charge >= 0.3 is 0 Å². The normalized spacial score (nSPS) is 14.1. The average molecular weight is 361 g/mol. The van der Waals surface area contributed by atoms with E-state index < -0.39 is 0 Å². The number of aromatic hydroxyl groups is 1. The minimum Gasteiger partial charge on any atom is -0.507 e. The summed E-state index contributed by atoms with van der Waals surface area (Å²) in [6, 6.07) is 7.53. The van der Waals surface area contributed by atoms with Crippen molar-refractivity contribution in [1.29, 1.82) is 5.26 Å². The van der Waals surface area contributed by atoms with Crippen LogP contribution in [-0.4, -0.2) is 11.3 Å². The van der Waals surface area contributed by atoms with Crippen molar-refractivity contribution in [3.05, 3.63) is 44.2 Å². The Kier molecular flexibility index (Phi) is 4.09. The van der Waals surface area contributed by atoms with Gasteiger partial charge in [0, 0.05) is 11.1 Å². The van der Waals surface area contributed by atoms with E-state index in [-0.39, 0.29) is 5.75 Å². The summed E-state index contributed by atoms with van der Waals surface area (Å²) in [7, 11) is 0. The maximum Gasteiger partial charge on any atom is 0.134 e. The van der Waals surface area contributed by atoms with Crippen LogP contribution in [0.3, 0.4) is 0 Å². The fourth-order valence-electron chi connectivity index (χ4n) is 2.49. The second-order valence-corrected chi connectivity index (χ2v) is 6.91. The van der Waals surface area contributed by atoms with Gasteiger partial charge in [-0.25, -0.2) is 4.99 Å². The van der Waals surface area contributed by atoms with Crippen molar-refractivity contribution in [3.63, 3.8) is 0 Å². The molecule has 2 aromatic rings. The molecule has 0 fully saturated rings. The predicted molar refractivity (Wildman–Crippen MR) is 88.7 cm³/mol. The van der Waals surface area contributed by atoms with Gasteiger partial charge in [0.05, 0.1) is 10.0 Å². The highest BCUT2D eigenvalue weighted by Crippen LogP contribution is 2.39. The minimum absolute atomic E-state index is 0.205. The number of phenolic OH excluding ortho intramolecular Hbond substituents is 1. The number of hydrogen-bond donors (Lipinski definition) is 1. The third-order valence-corrected chi connectivity index (χ3v) is 5.40. The summed E-state index contributed by atoms with van der Waals surface area (Å²) in [6.45, 7) is 0.